The van der Waals surface area contributed by atoms with Crippen molar-refractivity contribution in [2.45, 2.75) is 58.3 Å². The zero-order valence-electron chi connectivity index (χ0n) is 22.5. The summed E-state index contributed by atoms with van der Waals surface area (Å²) in [5, 5.41) is 11.9. The van der Waals surface area contributed by atoms with Crippen LogP contribution in [0.25, 0.3) is 11.5 Å². The van der Waals surface area contributed by atoms with Crippen molar-refractivity contribution in [1.29, 1.82) is 0 Å². The highest BCUT2D eigenvalue weighted by atomic mass is 16.2. The van der Waals surface area contributed by atoms with E-state index in [0.717, 1.165) is 82.2 Å². The number of fused-ring (bicyclic) bond motifs is 1. The van der Waals surface area contributed by atoms with Crippen LogP contribution in [0.4, 0.5) is 17.5 Å². The van der Waals surface area contributed by atoms with Gasteiger partial charge in [0.15, 0.2) is 5.82 Å². The molecule has 7 rings (SSSR count). The van der Waals surface area contributed by atoms with E-state index in [2.05, 4.69) is 25.3 Å². The third-order valence-corrected chi connectivity index (χ3v) is 9.13. The number of piperidine rings is 1. The fraction of sp³-hybridized carbons (Fsp3) is 0.536. The predicted octanol–water partition coefficient (Wildman–Crippen LogP) is 2.38. The molecule has 0 radical (unpaired) electrons. The summed E-state index contributed by atoms with van der Waals surface area (Å²) in [6.45, 7) is 8.21. The van der Waals surface area contributed by atoms with Crippen LogP contribution in [0.3, 0.4) is 0 Å². The standard InChI is InChI=1S/C28H36N10O/c1-2-35-18-31-34-26(35)21-5-3-7-23(32-21)38-16-20-19(27(38)39)15-24(37-12-4-6-22(37)29)33-25(20)36-13-9-28(10-14-36)8-11-30-17-28/h3,5,7,15,18,22,30H,2,4,6,8-14,16-17,29H2,1H3. The molecule has 4 aliphatic rings. The van der Waals surface area contributed by atoms with Crippen molar-refractivity contribution in [1.82, 2.24) is 30.0 Å². The fourth-order valence-electron chi connectivity index (χ4n) is 6.74. The molecule has 7 heterocycles. The third-order valence-electron chi connectivity index (χ3n) is 9.13. The zero-order valence-corrected chi connectivity index (χ0v) is 22.5. The Morgan fingerprint density at radius 3 is 2.74 bits per heavy atom. The summed E-state index contributed by atoms with van der Waals surface area (Å²) in [6.07, 6.45) is 7.13. The number of carbonyl (C=O) groups is 1. The van der Waals surface area contributed by atoms with Gasteiger partial charge in [-0.05, 0) is 69.2 Å². The van der Waals surface area contributed by atoms with Crippen LogP contribution in [0.1, 0.15) is 54.9 Å². The topological polar surface area (TPSA) is 121 Å². The number of rotatable bonds is 5. The summed E-state index contributed by atoms with van der Waals surface area (Å²) < 4.78 is 1.95. The Bertz CT molecular complexity index is 1390. The molecule has 1 spiro atoms. The number of pyridine rings is 2. The first-order valence-corrected chi connectivity index (χ1v) is 14.2. The van der Waals surface area contributed by atoms with Gasteiger partial charge in [-0.25, -0.2) is 9.97 Å². The lowest BCUT2D eigenvalue weighted by molar-refractivity contribution is 0.0996. The highest BCUT2D eigenvalue weighted by Gasteiger charge is 2.40. The summed E-state index contributed by atoms with van der Waals surface area (Å²) in [7, 11) is 0. The Balaban J connectivity index is 1.24. The molecular weight excluding hydrogens is 492 g/mol. The van der Waals surface area contributed by atoms with Crippen molar-refractivity contribution < 1.29 is 4.79 Å². The van der Waals surface area contributed by atoms with Crippen molar-refractivity contribution in [3.05, 3.63) is 41.7 Å². The third kappa shape index (κ3) is 4.15. The number of nitrogens with zero attached hydrogens (tertiary/aromatic N) is 8. The fourth-order valence-corrected chi connectivity index (χ4v) is 6.74. The maximum Gasteiger partial charge on any atom is 0.260 e. The summed E-state index contributed by atoms with van der Waals surface area (Å²) in [5.41, 5.74) is 9.25. The summed E-state index contributed by atoms with van der Waals surface area (Å²) in [5.74, 6) is 3.00. The summed E-state index contributed by atoms with van der Waals surface area (Å²) in [4.78, 5) is 30.3. The van der Waals surface area contributed by atoms with Gasteiger partial charge in [0.1, 0.15) is 29.5 Å². The van der Waals surface area contributed by atoms with Gasteiger partial charge in [0.05, 0.1) is 18.3 Å². The number of carbonyl (C=O) groups excluding carboxylic acids is 1. The van der Waals surface area contributed by atoms with Crippen LogP contribution < -0.4 is 25.8 Å². The second-order valence-electron chi connectivity index (χ2n) is 11.4. The number of hydrogen-bond donors (Lipinski definition) is 2. The van der Waals surface area contributed by atoms with Crippen LogP contribution in [0, 0.1) is 5.41 Å². The van der Waals surface area contributed by atoms with Crippen molar-refractivity contribution in [3.8, 4) is 11.5 Å². The quantitative estimate of drug-likeness (QED) is 0.514. The van der Waals surface area contributed by atoms with Crippen molar-refractivity contribution in [3.63, 3.8) is 0 Å². The van der Waals surface area contributed by atoms with E-state index >= 15 is 0 Å². The Morgan fingerprint density at radius 1 is 1.13 bits per heavy atom. The van der Waals surface area contributed by atoms with E-state index in [9.17, 15) is 4.79 Å². The lowest BCUT2D eigenvalue weighted by Gasteiger charge is -2.40. The molecule has 3 N–H and O–H groups in total. The van der Waals surface area contributed by atoms with E-state index in [1.165, 1.54) is 6.42 Å². The van der Waals surface area contributed by atoms with Crippen LogP contribution in [0.5, 0.6) is 0 Å². The lowest BCUT2D eigenvalue weighted by atomic mass is 9.78. The van der Waals surface area contributed by atoms with Crippen molar-refractivity contribution in [2.24, 2.45) is 11.1 Å². The first kappa shape index (κ1) is 24.5. The molecule has 4 aliphatic heterocycles. The van der Waals surface area contributed by atoms with Crippen molar-refractivity contribution in [2.75, 3.05) is 47.4 Å². The number of aromatic nitrogens is 5. The minimum atomic E-state index is -0.0699. The van der Waals surface area contributed by atoms with Crippen LogP contribution in [0.15, 0.2) is 30.6 Å². The summed E-state index contributed by atoms with van der Waals surface area (Å²) in [6, 6.07) is 7.68. The lowest BCUT2D eigenvalue weighted by Crippen LogP contribution is -2.42. The first-order chi connectivity index (χ1) is 19.0. The van der Waals surface area contributed by atoms with E-state index in [1.54, 1.807) is 11.2 Å². The average molecular weight is 529 g/mol. The molecule has 0 aromatic carbocycles. The predicted molar refractivity (Wildman–Crippen MR) is 150 cm³/mol. The molecule has 39 heavy (non-hydrogen) atoms. The van der Waals surface area contributed by atoms with E-state index in [-0.39, 0.29) is 12.1 Å². The van der Waals surface area contributed by atoms with Gasteiger partial charge in [0.2, 0.25) is 0 Å². The molecule has 3 aromatic heterocycles. The number of nitrogens with one attached hydrogen (secondary N) is 1. The Morgan fingerprint density at radius 2 is 2.00 bits per heavy atom. The maximum atomic E-state index is 14.0. The van der Waals surface area contributed by atoms with Gasteiger partial charge in [0.25, 0.3) is 5.91 Å². The SMILES string of the molecule is CCn1cnnc1-c1cccc(N2Cc3c(cc(N4CCCC4N)nc3N3CCC4(CCNC4)CC3)C2=O)n1. The van der Waals surface area contributed by atoms with Crippen molar-refractivity contribution >= 4 is 23.4 Å². The smallest absolute Gasteiger partial charge is 0.260 e. The average Bonchev–Trinajstić information content (AvgIpc) is 3.77. The van der Waals surface area contributed by atoms with E-state index in [1.807, 2.05) is 35.8 Å². The first-order valence-electron chi connectivity index (χ1n) is 14.2. The van der Waals surface area contributed by atoms with Crippen LogP contribution in [0.2, 0.25) is 0 Å². The summed E-state index contributed by atoms with van der Waals surface area (Å²) >= 11 is 0. The molecule has 1 atom stereocenters. The Hall–Kier alpha value is -3.57. The molecular formula is C28H36N10O. The molecule has 1 unspecified atom stereocenters. The zero-order chi connectivity index (χ0) is 26.6. The van der Waals surface area contributed by atoms with Gasteiger partial charge in [0, 0.05) is 38.3 Å². The molecule has 204 valence electrons. The van der Waals surface area contributed by atoms with Gasteiger partial charge in [-0.1, -0.05) is 6.07 Å². The second kappa shape index (κ2) is 9.56. The normalized spacial score (nSPS) is 22.4. The molecule has 3 aromatic rings. The van der Waals surface area contributed by atoms with Gasteiger partial charge < -0.3 is 25.4 Å². The molecule has 1 amide bonds. The Kier molecular flexibility index (Phi) is 6.00. The molecule has 11 heteroatoms. The van der Waals surface area contributed by atoms with E-state index in [4.69, 9.17) is 15.7 Å². The molecule has 0 bridgehead atoms. The van der Waals surface area contributed by atoms with Crippen LogP contribution in [-0.2, 0) is 13.1 Å². The maximum absolute atomic E-state index is 14.0. The van der Waals surface area contributed by atoms with E-state index in [0.29, 0.717) is 34.9 Å². The van der Waals surface area contributed by atoms with Gasteiger partial charge in [-0.3, -0.25) is 9.69 Å². The minimum Gasteiger partial charge on any atom is -0.356 e. The number of aryl methyl sites for hydroxylation is 1. The number of amides is 1. The molecule has 0 saturated carbocycles. The molecule has 11 nitrogen and oxygen atoms in total. The van der Waals surface area contributed by atoms with Gasteiger partial charge in [-0.2, -0.15) is 0 Å². The monoisotopic (exact) mass is 528 g/mol. The van der Waals surface area contributed by atoms with Crippen LogP contribution >= 0.6 is 0 Å². The van der Waals surface area contributed by atoms with Crippen LogP contribution in [-0.4, -0.2) is 69.5 Å². The number of anilines is 3. The molecule has 3 fully saturated rings. The van der Waals surface area contributed by atoms with E-state index < -0.39 is 0 Å². The Labute approximate surface area is 228 Å². The minimum absolute atomic E-state index is 0.0438. The largest absolute Gasteiger partial charge is 0.356 e. The van der Waals surface area contributed by atoms with Gasteiger partial charge in [-0.15, -0.1) is 10.2 Å². The number of hydrogen-bond acceptors (Lipinski definition) is 9. The molecule has 0 aliphatic carbocycles. The number of nitrogens with two attached hydrogens (primary N) is 1. The second-order valence-corrected chi connectivity index (χ2v) is 11.4. The highest BCUT2D eigenvalue weighted by Crippen LogP contribution is 2.42. The highest BCUT2D eigenvalue weighted by molar-refractivity contribution is 6.11. The molecule has 3 saturated heterocycles. The van der Waals surface area contributed by atoms with Gasteiger partial charge >= 0.3 is 0 Å².